The van der Waals surface area contributed by atoms with E-state index in [0.29, 0.717) is 0 Å². The zero-order chi connectivity index (χ0) is 9.14. The maximum absolute atomic E-state index is 4.15. The van der Waals surface area contributed by atoms with E-state index in [-0.39, 0.29) is 0 Å². The third-order valence-electron chi connectivity index (χ3n) is 2.33. The predicted molar refractivity (Wildman–Crippen MR) is 50.3 cm³/mol. The van der Waals surface area contributed by atoms with E-state index in [2.05, 4.69) is 31.0 Å². The second-order valence-electron chi connectivity index (χ2n) is 3.04. The Labute approximate surface area is 74.0 Å². The Bertz CT molecular complexity index is 279. The van der Waals surface area contributed by atoms with Crippen LogP contribution in [0, 0.1) is 13.8 Å². The molecule has 0 bridgehead atoms. The van der Waals surface area contributed by atoms with Gasteiger partial charge in [0.2, 0.25) is 0 Å². The standard InChI is InChI=1S/C10H16N2/c1-5-9-7(3)10(6-2)12-11-8(9)4/h5-6H2,1-4H3. The molecule has 0 atom stereocenters. The molecule has 0 fully saturated rings. The zero-order valence-corrected chi connectivity index (χ0v) is 8.31. The molecule has 0 aliphatic rings. The Morgan fingerprint density at radius 3 is 2.17 bits per heavy atom. The molecular formula is C10H16N2. The summed E-state index contributed by atoms with van der Waals surface area (Å²) in [6.07, 6.45) is 2.03. The summed E-state index contributed by atoms with van der Waals surface area (Å²) in [7, 11) is 0. The summed E-state index contributed by atoms with van der Waals surface area (Å²) in [6, 6.07) is 0. The summed E-state index contributed by atoms with van der Waals surface area (Å²) >= 11 is 0. The minimum Gasteiger partial charge on any atom is -0.155 e. The van der Waals surface area contributed by atoms with Crippen LogP contribution in [0.3, 0.4) is 0 Å². The Morgan fingerprint density at radius 1 is 1.00 bits per heavy atom. The second-order valence-corrected chi connectivity index (χ2v) is 3.04. The van der Waals surface area contributed by atoms with Crippen molar-refractivity contribution in [2.24, 2.45) is 0 Å². The van der Waals surface area contributed by atoms with Crippen molar-refractivity contribution in [2.75, 3.05) is 0 Å². The molecule has 0 aromatic carbocycles. The summed E-state index contributed by atoms with van der Waals surface area (Å²) in [5.74, 6) is 0. The third kappa shape index (κ3) is 1.47. The van der Waals surface area contributed by atoms with Crippen LogP contribution < -0.4 is 0 Å². The van der Waals surface area contributed by atoms with Gasteiger partial charge in [-0.05, 0) is 37.8 Å². The van der Waals surface area contributed by atoms with E-state index in [0.717, 1.165) is 24.2 Å². The van der Waals surface area contributed by atoms with Crippen molar-refractivity contribution in [1.29, 1.82) is 0 Å². The summed E-state index contributed by atoms with van der Waals surface area (Å²) < 4.78 is 0. The Hall–Kier alpha value is -0.920. The Balaban J connectivity index is 3.24. The molecule has 0 amide bonds. The molecule has 0 spiro atoms. The number of rotatable bonds is 2. The van der Waals surface area contributed by atoms with E-state index in [1.54, 1.807) is 0 Å². The molecule has 0 radical (unpaired) electrons. The number of hydrogen-bond donors (Lipinski definition) is 0. The van der Waals surface area contributed by atoms with E-state index in [1.807, 2.05) is 6.92 Å². The summed E-state index contributed by atoms with van der Waals surface area (Å²) in [6.45, 7) is 8.44. The van der Waals surface area contributed by atoms with E-state index >= 15 is 0 Å². The summed E-state index contributed by atoms with van der Waals surface area (Å²) in [5, 5.41) is 8.29. The fraction of sp³-hybridized carbons (Fsp3) is 0.600. The minimum atomic E-state index is 0.978. The van der Waals surface area contributed by atoms with E-state index in [9.17, 15) is 0 Å². The minimum absolute atomic E-state index is 0.978. The zero-order valence-electron chi connectivity index (χ0n) is 8.31. The maximum atomic E-state index is 4.15. The van der Waals surface area contributed by atoms with Crippen LogP contribution in [0.5, 0.6) is 0 Å². The molecule has 1 aromatic rings. The van der Waals surface area contributed by atoms with Crippen LogP contribution in [-0.4, -0.2) is 10.2 Å². The molecule has 0 aliphatic heterocycles. The van der Waals surface area contributed by atoms with E-state index in [4.69, 9.17) is 0 Å². The lowest BCUT2D eigenvalue weighted by atomic mass is 10.0. The van der Waals surface area contributed by atoms with Crippen LogP contribution >= 0.6 is 0 Å². The van der Waals surface area contributed by atoms with Crippen LogP contribution in [0.25, 0.3) is 0 Å². The van der Waals surface area contributed by atoms with Crippen LogP contribution in [0.4, 0.5) is 0 Å². The normalized spacial score (nSPS) is 10.3. The Morgan fingerprint density at radius 2 is 1.67 bits per heavy atom. The third-order valence-corrected chi connectivity index (χ3v) is 2.33. The van der Waals surface area contributed by atoms with Crippen LogP contribution in [0.2, 0.25) is 0 Å². The molecule has 0 unspecified atom stereocenters. The smallest absolute Gasteiger partial charge is 0.0660 e. The lowest BCUT2D eigenvalue weighted by Crippen LogP contribution is -2.03. The highest BCUT2D eigenvalue weighted by atomic mass is 15.1. The molecule has 0 saturated heterocycles. The molecular weight excluding hydrogens is 148 g/mol. The molecule has 2 nitrogen and oxygen atoms in total. The van der Waals surface area contributed by atoms with Gasteiger partial charge in [-0.3, -0.25) is 0 Å². The van der Waals surface area contributed by atoms with Crippen molar-refractivity contribution in [3.8, 4) is 0 Å². The van der Waals surface area contributed by atoms with Crippen molar-refractivity contribution in [2.45, 2.75) is 40.5 Å². The van der Waals surface area contributed by atoms with Gasteiger partial charge in [0.05, 0.1) is 11.4 Å². The average Bonchev–Trinajstić information content (AvgIpc) is 2.06. The number of aromatic nitrogens is 2. The molecule has 1 rings (SSSR count). The first-order valence-electron chi connectivity index (χ1n) is 4.52. The highest BCUT2D eigenvalue weighted by molar-refractivity contribution is 5.31. The molecule has 0 N–H and O–H groups in total. The van der Waals surface area contributed by atoms with Crippen molar-refractivity contribution in [3.63, 3.8) is 0 Å². The first kappa shape index (κ1) is 9.17. The second kappa shape index (κ2) is 3.65. The molecule has 0 saturated carbocycles. The number of hydrogen-bond acceptors (Lipinski definition) is 2. The molecule has 0 aliphatic carbocycles. The predicted octanol–water partition coefficient (Wildman–Crippen LogP) is 2.22. The van der Waals surface area contributed by atoms with Crippen LogP contribution in [0.15, 0.2) is 0 Å². The largest absolute Gasteiger partial charge is 0.155 e. The molecule has 1 heterocycles. The molecule has 12 heavy (non-hydrogen) atoms. The lowest BCUT2D eigenvalue weighted by molar-refractivity contribution is 0.844. The van der Waals surface area contributed by atoms with Crippen molar-refractivity contribution < 1.29 is 0 Å². The van der Waals surface area contributed by atoms with Crippen LogP contribution in [0.1, 0.15) is 36.4 Å². The van der Waals surface area contributed by atoms with Gasteiger partial charge in [-0.2, -0.15) is 10.2 Å². The van der Waals surface area contributed by atoms with Gasteiger partial charge in [0.25, 0.3) is 0 Å². The summed E-state index contributed by atoms with van der Waals surface area (Å²) in [5.41, 5.74) is 4.90. The van der Waals surface area contributed by atoms with Crippen molar-refractivity contribution >= 4 is 0 Å². The highest BCUT2D eigenvalue weighted by Crippen LogP contribution is 2.14. The van der Waals surface area contributed by atoms with Gasteiger partial charge in [-0.25, -0.2) is 0 Å². The molecule has 2 heteroatoms. The van der Waals surface area contributed by atoms with E-state index < -0.39 is 0 Å². The van der Waals surface area contributed by atoms with Gasteiger partial charge in [0.1, 0.15) is 0 Å². The number of aryl methyl sites for hydroxylation is 2. The van der Waals surface area contributed by atoms with Gasteiger partial charge < -0.3 is 0 Å². The van der Waals surface area contributed by atoms with E-state index in [1.165, 1.54) is 11.1 Å². The molecule has 1 aromatic heterocycles. The van der Waals surface area contributed by atoms with Crippen molar-refractivity contribution in [1.82, 2.24) is 10.2 Å². The van der Waals surface area contributed by atoms with Gasteiger partial charge in [0.15, 0.2) is 0 Å². The SMILES string of the molecule is CCc1nnc(C)c(CC)c1C. The fourth-order valence-electron chi connectivity index (χ4n) is 1.57. The van der Waals surface area contributed by atoms with Crippen LogP contribution in [-0.2, 0) is 12.8 Å². The van der Waals surface area contributed by atoms with Gasteiger partial charge in [-0.15, -0.1) is 0 Å². The van der Waals surface area contributed by atoms with Crippen molar-refractivity contribution in [3.05, 3.63) is 22.5 Å². The van der Waals surface area contributed by atoms with Gasteiger partial charge >= 0.3 is 0 Å². The number of nitrogens with zero attached hydrogens (tertiary/aromatic N) is 2. The lowest BCUT2D eigenvalue weighted by Gasteiger charge is -2.08. The topological polar surface area (TPSA) is 25.8 Å². The molecule has 66 valence electrons. The highest BCUT2D eigenvalue weighted by Gasteiger charge is 2.06. The first-order chi connectivity index (χ1) is 5.70. The fourth-order valence-corrected chi connectivity index (χ4v) is 1.57. The van der Waals surface area contributed by atoms with Gasteiger partial charge in [-0.1, -0.05) is 13.8 Å². The average molecular weight is 164 g/mol. The Kier molecular flexibility index (Phi) is 2.79. The first-order valence-corrected chi connectivity index (χ1v) is 4.52. The maximum Gasteiger partial charge on any atom is 0.0660 e. The quantitative estimate of drug-likeness (QED) is 0.669. The monoisotopic (exact) mass is 164 g/mol. The summed E-state index contributed by atoms with van der Waals surface area (Å²) in [4.78, 5) is 0. The van der Waals surface area contributed by atoms with Gasteiger partial charge in [0, 0.05) is 0 Å².